The zero-order valence-corrected chi connectivity index (χ0v) is 12.6. The highest BCUT2D eigenvalue weighted by Crippen LogP contribution is 2.29. The Morgan fingerprint density at radius 1 is 1.21 bits per heavy atom. The molecular formula is C15H13IO3. The number of halogens is 1. The molecule has 0 atom stereocenters. The molecule has 98 valence electrons. The molecule has 0 N–H and O–H groups in total. The Kier molecular flexibility index (Phi) is 4.79. The predicted molar refractivity (Wildman–Crippen MR) is 81.9 cm³/mol. The van der Waals surface area contributed by atoms with Crippen molar-refractivity contribution in [2.24, 2.45) is 0 Å². The van der Waals surface area contributed by atoms with Crippen molar-refractivity contribution < 1.29 is 14.3 Å². The second-order valence-corrected chi connectivity index (χ2v) is 5.08. The van der Waals surface area contributed by atoms with Gasteiger partial charge in [-0.05, 0) is 34.2 Å². The summed E-state index contributed by atoms with van der Waals surface area (Å²) in [5.74, 6) is 1.22. The molecule has 2 aromatic rings. The van der Waals surface area contributed by atoms with Gasteiger partial charge in [0.05, 0.1) is 12.7 Å². The van der Waals surface area contributed by atoms with Crippen molar-refractivity contribution in [2.75, 3.05) is 7.11 Å². The first kappa shape index (κ1) is 13.9. The molecule has 2 rings (SSSR count). The van der Waals surface area contributed by atoms with Gasteiger partial charge in [-0.1, -0.05) is 30.3 Å². The van der Waals surface area contributed by atoms with Crippen LogP contribution < -0.4 is 9.47 Å². The van der Waals surface area contributed by atoms with E-state index in [1.54, 1.807) is 19.2 Å². The van der Waals surface area contributed by atoms with Crippen molar-refractivity contribution in [2.45, 2.75) is 6.61 Å². The average Bonchev–Trinajstić information content (AvgIpc) is 2.45. The second-order valence-electron chi connectivity index (χ2n) is 3.91. The van der Waals surface area contributed by atoms with E-state index in [1.165, 1.54) is 0 Å². The Morgan fingerprint density at radius 2 is 1.95 bits per heavy atom. The quantitative estimate of drug-likeness (QED) is 0.597. The summed E-state index contributed by atoms with van der Waals surface area (Å²) in [6.45, 7) is 0.422. The van der Waals surface area contributed by atoms with Crippen molar-refractivity contribution in [1.29, 1.82) is 0 Å². The molecule has 0 radical (unpaired) electrons. The average molecular weight is 368 g/mol. The zero-order valence-electron chi connectivity index (χ0n) is 10.4. The van der Waals surface area contributed by atoms with Gasteiger partial charge in [0.25, 0.3) is 0 Å². The van der Waals surface area contributed by atoms with Gasteiger partial charge in [-0.25, -0.2) is 0 Å². The highest BCUT2D eigenvalue weighted by molar-refractivity contribution is 14.1. The molecule has 0 aliphatic carbocycles. The van der Waals surface area contributed by atoms with Crippen LogP contribution >= 0.6 is 22.6 Å². The summed E-state index contributed by atoms with van der Waals surface area (Å²) in [7, 11) is 1.59. The highest BCUT2D eigenvalue weighted by atomic mass is 127. The van der Waals surface area contributed by atoms with Crippen molar-refractivity contribution >= 4 is 28.9 Å². The molecular weight excluding hydrogens is 355 g/mol. The van der Waals surface area contributed by atoms with Gasteiger partial charge >= 0.3 is 0 Å². The van der Waals surface area contributed by atoms with Gasteiger partial charge in [0, 0.05) is 9.64 Å². The first-order chi connectivity index (χ1) is 9.24. The topological polar surface area (TPSA) is 35.5 Å². The third-order valence-corrected chi connectivity index (χ3v) is 3.55. The van der Waals surface area contributed by atoms with Crippen molar-refractivity contribution in [3.8, 4) is 11.5 Å². The minimum Gasteiger partial charge on any atom is -0.497 e. The lowest BCUT2D eigenvalue weighted by atomic mass is 10.2. The van der Waals surface area contributed by atoms with Crippen molar-refractivity contribution in [3.63, 3.8) is 0 Å². The molecule has 4 heteroatoms. The lowest BCUT2D eigenvalue weighted by molar-refractivity contribution is 0.111. The summed E-state index contributed by atoms with van der Waals surface area (Å²) >= 11 is 2.10. The summed E-state index contributed by atoms with van der Waals surface area (Å²) in [5.41, 5.74) is 1.61. The van der Waals surface area contributed by atoms with E-state index in [9.17, 15) is 4.79 Å². The fourth-order valence-corrected chi connectivity index (χ4v) is 2.36. The number of carbonyl (C=O) groups excluding carboxylic acids is 1. The van der Waals surface area contributed by atoms with E-state index in [4.69, 9.17) is 9.47 Å². The van der Waals surface area contributed by atoms with E-state index in [0.29, 0.717) is 23.7 Å². The Balaban J connectivity index is 2.23. The van der Waals surface area contributed by atoms with E-state index in [0.717, 1.165) is 15.4 Å². The number of benzene rings is 2. The van der Waals surface area contributed by atoms with Crippen LogP contribution in [0.1, 0.15) is 15.9 Å². The predicted octanol–water partition coefficient (Wildman–Crippen LogP) is 3.69. The smallest absolute Gasteiger partial charge is 0.154 e. The number of ether oxygens (including phenoxy) is 2. The molecule has 0 saturated carbocycles. The molecule has 19 heavy (non-hydrogen) atoms. The third kappa shape index (κ3) is 3.47. The largest absolute Gasteiger partial charge is 0.497 e. The van der Waals surface area contributed by atoms with Gasteiger partial charge in [-0.2, -0.15) is 0 Å². The second kappa shape index (κ2) is 6.56. The van der Waals surface area contributed by atoms with Crippen LogP contribution in [-0.4, -0.2) is 13.4 Å². The van der Waals surface area contributed by atoms with Crippen LogP contribution in [0.25, 0.3) is 0 Å². The van der Waals surface area contributed by atoms with Gasteiger partial charge < -0.3 is 9.47 Å². The molecule has 0 amide bonds. The van der Waals surface area contributed by atoms with Crippen LogP contribution in [0.2, 0.25) is 0 Å². The normalized spacial score (nSPS) is 10.0. The van der Waals surface area contributed by atoms with E-state index < -0.39 is 0 Å². The number of hydrogen-bond acceptors (Lipinski definition) is 3. The van der Waals surface area contributed by atoms with E-state index in [2.05, 4.69) is 22.6 Å². The maximum absolute atomic E-state index is 11.1. The number of aldehydes is 1. The van der Waals surface area contributed by atoms with Crippen LogP contribution in [0.15, 0.2) is 42.5 Å². The standard InChI is InChI=1S/C15H13IO3/c1-18-12-7-14(16)13(9-17)15(8-12)19-10-11-5-3-2-4-6-11/h2-9H,10H2,1H3. The molecule has 0 aliphatic heterocycles. The van der Waals surface area contributed by atoms with Gasteiger partial charge in [-0.3, -0.25) is 4.79 Å². The molecule has 0 unspecified atom stereocenters. The van der Waals surface area contributed by atoms with E-state index in [1.807, 2.05) is 30.3 Å². The zero-order chi connectivity index (χ0) is 13.7. The molecule has 0 bridgehead atoms. The molecule has 0 aromatic heterocycles. The first-order valence-corrected chi connectivity index (χ1v) is 6.82. The Hall–Kier alpha value is -1.56. The maximum atomic E-state index is 11.1. The molecule has 0 heterocycles. The van der Waals surface area contributed by atoms with E-state index in [-0.39, 0.29) is 0 Å². The summed E-state index contributed by atoms with van der Waals surface area (Å²) in [5, 5.41) is 0. The number of hydrogen-bond donors (Lipinski definition) is 0. The SMILES string of the molecule is COc1cc(I)c(C=O)c(OCc2ccccc2)c1. The molecule has 3 nitrogen and oxygen atoms in total. The first-order valence-electron chi connectivity index (χ1n) is 5.74. The molecule has 2 aromatic carbocycles. The highest BCUT2D eigenvalue weighted by Gasteiger charge is 2.10. The number of carbonyl (C=O) groups is 1. The minimum atomic E-state index is 0.422. The van der Waals surface area contributed by atoms with E-state index >= 15 is 0 Å². The van der Waals surface area contributed by atoms with Crippen molar-refractivity contribution in [3.05, 3.63) is 57.2 Å². The Morgan fingerprint density at radius 3 is 2.58 bits per heavy atom. The fraction of sp³-hybridized carbons (Fsp3) is 0.133. The number of methoxy groups -OCH3 is 1. The molecule has 0 spiro atoms. The van der Waals surface area contributed by atoms with Gasteiger partial charge in [-0.15, -0.1) is 0 Å². The third-order valence-electron chi connectivity index (χ3n) is 2.66. The summed E-state index contributed by atoms with van der Waals surface area (Å²) in [6, 6.07) is 13.4. The van der Waals surface area contributed by atoms with Crippen LogP contribution in [0.3, 0.4) is 0 Å². The van der Waals surface area contributed by atoms with Crippen LogP contribution in [0.4, 0.5) is 0 Å². The monoisotopic (exact) mass is 368 g/mol. The van der Waals surface area contributed by atoms with Crippen LogP contribution in [0.5, 0.6) is 11.5 Å². The Labute approximate surface area is 125 Å². The summed E-state index contributed by atoms with van der Waals surface area (Å²) < 4.78 is 11.7. The maximum Gasteiger partial charge on any atom is 0.154 e. The van der Waals surface area contributed by atoms with Crippen molar-refractivity contribution in [1.82, 2.24) is 0 Å². The lowest BCUT2D eigenvalue weighted by Crippen LogP contribution is -2.00. The van der Waals surface area contributed by atoms with Gasteiger partial charge in [0.1, 0.15) is 18.1 Å². The summed E-state index contributed by atoms with van der Waals surface area (Å²) in [6.07, 6.45) is 0.807. The minimum absolute atomic E-state index is 0.422. The van der Waals surface area contributed by atoms with Gasteiger partial charge in [0.15, 0.2) is 6.29 Å². The summed E-state index contributed by atoms with van der Waals surface area (Å²) in [4.78, 5) is 11.1. The molecule has 0 saturated heterocycles. The fourth-order valence-electron chi connectivity index (χ4n) is 1.66. The molecule has 0 fully saturated rings. The van der Waals surface area contributed by atoms with Crippen LogP contribution in [-0.2, 0) is 6.61 Å². The van der Waals surface area contributed by atoms with Gasteiger partial charge in [0.2, 0.25) is 0 Å². The number of rotatable bonds is 5. The lowest BCUT2D eigenvalue weighted by Gasteiger charge is -2.11. The molecule has 0 aliphatic rings. The van der Waals surface area contributed by atoms with Crippen LogP contribution in [0, 0.1) is 3.57 Å². The Bertz CT molecular complexity index is 567.